The van der Waals surface area contributed by atoms with E-state index in [1.165, 1.54) is 55.4 Å². The Kier molecular flexibility index (Phi) is 3.47. The number of aromatic nitrogens is 2. The molecule has 2 nitrogen and oxygen atoms in total. The number of hydrogen-bond acceptors (Lipinski definition) is 0. The predicted octanol–water partition coefficient (Wildman–Crippen LogP) is 5.15. The van der Waals surface area contributed by atoms with Gasteiger partial charge in [0, 0.05) is 16.8 Å². The lowest BCUT2D eigenvalue weighted by molar-refractivity contribution is -0.665. The second-order valence-electron chi connectivity index (χ2n) is 7.37. The molecule has 0 fully saturated rings. The number of fused-ring (bicyclic) bond motifs is 3. The summed E-state index contributed by atoms with van der Waals surface area (Å²) in [5.41, 5.74) is 9.21. The average Bonchev–Trinajstić information content (AvgIpc) is 2.88. The Bertz CT molecular complexity index is 1150. The van der Waals surface area contributed by atoms with Gasteiger partial charge in [0.1, 0.15) is 11.0 Å². The molecule has 126 valence electrons. The molecule has 2 heterocycles. The fraction of sp³-hybridized carbons (Fsp3) is 0.261. The minimum absolute atomic E-state index is 1.21. The number of benzene rings is 2. The van der Waals surface area contributed by atoms with Crippen molar-refractivity contribution in [2.45, 2.75) is 34.6 Å². The number of aryl methyl sites for hydroxylation is 6. The van der Waals surface area contributed by atoms with Crippen molar-refractivity contribution in [2.75, 3.05) is 0 Å². The van der Waals surface area contributed by atoms with Crippen LogP contribution >= 0.6 is 0 Å². The van der Waals surface area contributed by atoms with Gasteiger partial charge < -0.3 is 0 Å². The van der Waals surface area contributed by atoms with Gasteiger partial charge in [-0.3, -0.25) is 0 Å². The number of hydrogen-bond donors (Lipinski definition) is 0. The van der Waals surface area contributed by atoms with Gasteiger partial charge in [0.05, 0.1) is 13.2 Å². The van der Waals surface area contributed by atoms with Crippen molar-refractivity contribution in [2.24, 2.45) is 7.05 Å². The average molecular weight is 329 g/mol. The first-order valence-electron chi connectivity index (χ1n) is 8.86. The van der Waals surface area contributed by atoms with Gasteiger partial charge in [0.2, 0.25) is 0 Å². The van der Waals surface area contributed by atoms with Crippen LogP contribution in [0.25, 0.3) is 27.6 Å². The molecule has 2 aromatic carbocycles. The zero-order chi connectivity index (χ0) is 17.9. The summed E-state index contributed by atoms with van der Waals surface area (Å²) in [6, 6.07) is 13.6. The summed E-state index contributed by atoms with van der Waals surface area (Å²) in [6.07, 6.45) is 2.23. The Labute approximate surface area is 149 Å². The minimum Gasteiger partial charge on any atom is -0.236 e. The lowest BCUT2D eigenvalue weighted by atomic mass is 10.0. The van der Waals surface area contributed by atoms with Crippen LogP contribution in [-0.2, 0) is 7.05 Å². The van der Waals surface area contributed by atoms with Crippen molar-refractivity contribution in [1.29, 1.82) is 0 Å². The van der Waals surface area contributed by atoms with E-state index in [1.54, 1.807) is 0 Å². The molecule has 0 bridgehead atoms. The molecule has 0 saturated carbocycles. The third-order valence-corrected chi connectivity index (χ3v) is 5.56. The molecule has 4 rings (SSSR count). The molecule has 0 aliphatic rings. The fourth-order valence-electron chi connectivity index (χ4n) is 3.81. The lowest BCUT2D eigenvalue weighted by Crippen LogP contribution is -2.34. The molecule has 0 aliphatic carbocycles. The molecule has 0 N–H and O–H groups in total. The maximum atomic E-state index is 2.44. The number of pyridine rings is 1. The molecular formula is C23H25N2+. The predicted molar refractivity (Wildman–Crippen MR) is 106 cm³/mol. The van der Waals surface area contributed by atoms with E-state index < -0.39 is 0 Å². The maximum Gasteiger partial charge on any atom is 0.286 e. The fourth-order valence-corrected chi connectivity index (χ4v) is 3.81. The molecule has 0 amide bonds. The van der Waals surface area contributed by atoms with E-state index in [0.29, 0.717) is 0 Å². The van der Waals surface area contributed by atoms with Crippen LogP contribution in [0.1, 0.15) is 27.8 Å². The monoisotopic (exact) mass is 329 g/mol. The van der Waals surface area contributed by atoms with Crippen LogP contribution in [0.2, 0.25) is 0 Å². The van der Waals surface area contributed by atoms with Crippen molar-refractivity contribution in [3.63, 3.8) is 0 Å². The normalized spacial score (nSPS) is 11.6. The van der Waals surface area contributed by atoms with Crippen LogP contribution in [0, 0.1) is 34.6 Å². The first kappa shape index (κ1) is 15.9. The zero-order valence-corrected chi connectivity index (χ0v) is 15.9. The van der Waals surface area contributed by atoms with Gasteiger partial charge >= 0.3 is 0 Å². The van der Waals surface area contributed by atoms with Crippen molar-refractivity contribution >= 4 is 21.8 Å². The van der Waals surface area contributed by atoms with Crippen molar-refractivity contribution in [3.8, 4) is 5.82 Å². The van der Waals surface area contributed by atoms with E-state index in [-0.39, 0.29) is 0 Å². The summed E-state index contributed by atoms with van der Waals surface area (Å²) >= 11 is 0. The summed E-state index contributed by atoms with van der Waals surface area (Å²) in [4.78, 5) is 0. The highest BCUT2D eigenvalue weighted by molar-refractivity contribution is 6.10. The third-order valence-electron chi connectivity index (χ3n) is 5.56. The number of rotatable bonds is 1. The van der Waals surface area contributed by atoms with Crippen LogP contribution < -0.4 is 4.57 Å². The molecule has 0 unspecified atom stereocenters. The Morgan fingerprint density at radius 1 is 0.760 bits per heavy atom. The summed E-state index contributed by atoms with van der Waals surface area (Å²) in [5, 5.41) is 2.65. The molecule has 0 aliphatic heterocycles. The van der Waals surface area contributed by atoms with E-state index in [4.69, 9.17) is 0 Å². The van der Waals surface area contributed by atoms with Gasteiger partial charge in [-0.15, -0.1) is 0 Å². The Hall–Kier alpha value is -2.61. The smallest absolute Gasteiger partial charge is 0.236 e. The molecule has 0 saturated heterocycles. The molecule has 25 heavy (non-hydrogen) atoms. The first-order chi connectivity index (χ1) is 11.9. The summed E-state index contributed by atoms with van der Waals surface area (Å²) < 4.78 is 4.68. The summed E-state index contributed by atoms with van der Waals surface area (Å²) in [5.74, 6) is 1.21. The van der Waals surface area contributed by atoms with E-state index in [2.05, 4.69) is 93.4 Å². The van der Waals surface area contributed by atoms with Crippen molar-refractivity contribution < 1.29 is 4.57 Å². The highest BCUT2D eigenvalue weighted by Gasteiger charge is 2.23. The van der Waals surface area contributed by atoms with E-state index in [0.717, 1.165) is 0 Å². The van der Waals surface area contributed by atoms with Crippen LogP contribution in [0.5, 0.6) is 0 Å². The topological polar surface area (TPSA) is 8.81 Å². The SMILES string of the molecule is Cc1ccc2c3ccc(C)c(C)c3n(-c3cc(C)c(C)c[n+]3C)c2c1. The van der Waals surface area contributed by atoms with Gasteiger partial charge in [0.25, 0.3) is 5.82 Å². The zero-order valence-electron chi connectivity index (χ0n) is 15.9. The van der Waals surface area contributed by atoms with Gasteiger partial charge in [-0.25, -0.2) is 4.57 Å². The van der Waals surface area contributed by atoms with Crippen molar-refractivity contribution in [3.05, 3.63) is 70.4 Å². The lowest BCUT2D eigenvalue weighted by Gasteiger charge is -2.09. The summed E-state index contributed by atoms with van der Waals surface area (Å²) in [7, 11) is 2.14. The van der Waals surface area contributed by atoms with Gasteiger partial charge in [-0.1, -0.05) is 12.1 Å². The number of nitrogens with zero attached hydrogens (tertiary/aromatic N) is 2. The molecule has 0 radical (unpaired) electrons. The minimum atomic E-state index is 1.21. The second-order valence-corrected chi connectivity index (χ2v) is 7.37. The molecule has 2 aromatic heterocycles. The van der Waals surface area contributed by atoms with Crippen LogP contribution in [0.4, 0.5) is 0 Å². The third kappa shape index (κ3) is 2.28. The molecule has 0 spiro atoms. The van der Waals surface area contributed by atoms with Gasteiger partial charge in [-0.2, -0.15) is 4.57 Å². The highest BCUT2D eigenvalue weighted by Crippen LogP contribution is 2.34. The van der Waals surface area contributed by atoms with E-state index in [9.17, 15) is 0 Å². The molecule has 4 aromatic rings. The van der Waals surface area contributed by atoms with Crippen LogP contribution in [0.15, 0.2) is 42.6 Å². The van der Waals surface area contributed by atoms with Gasteiger partial charge in [-0.05, 0) is 80.6 Å². The molecule has 0 atom stereocenters. The maximum absolute atomic E-state index is 2.44. The Morgan fingerprint density at radius 2 is 1.48 bits per heavy atom. The van der Waals surface area contributed by atoms with E-state index in [1.807, 2.05) is 0 Å². The van der Waals surface area contributed by atoms with E-state index >= 15 is 0 Å². The Balaban J connectivity index is 2.27. The standard InChI is InChI=1S/C23H25N2/c1-14-7-9-19-20-10-8-15(2)18(5)23(20)25(21(19)11-14)22-12-16(3)17(4)13-24(22)6/h7-13H,1-6H3/q+1. The largest absolute Gasteiger partial charge is 0.286 e. The highest BCUT2D eigenvalue weighted by atomic mass is 15.1. The second kappa shape index (κ2) is 5.45. The van der Waals surface area contributed by atoms with Crippen LogP contribution in [0.3, 0.4) is 0 Å². The summed E-state index contributed by atoms with van der Waals surface area (Å²) in [6.45, 7) is 11.0. The van der Waals surface area contributed by atoms with Gasteiger partial charge in [0.15, 0.2) is 0 Å². The van der Waals surface area contributed by atoms with Crippen molar-refractivity contribution in [1.82, 2.24) is 4.57 Å². The first-order valence-corrected chi connectivity index (χ1v) is 8.86. The Morgan fingerprint density at radius 3 is 2.24 bits per heavy atom. The molecule has 2 heteroatoms. The molecular weight excluding hydrogens is 304 g/mol. The quantitative estimate of drug-likeness (QED) is 0.427. The van der Waals surface area contributed by atoms with Crippen LogP contribution in [-0.4, -0.2) is 4.57 Å².